The second-order valence-corrected chi connectivity index (χ2v) is 8.10. The van der Waals surface area contributed by atoms with Crippen LogP contribution < -0.4 is 0 Å². The summed E-state index contributed by atoms with van der Waals surface area (Å²) in [4.78, 5) is 6.58. The van der Waals surface area contributed by atoms with Gasteiger partial charge in [-0.25, -0.2) is 4.39 Å². The number of rotatable bonds is 5. The molecule has 0 bridgehead atoms. The van der Waals surface area contributed by atoms with Gasteiger partial charge >= 0.3 is 0 Å². The van der Waals surface area contributed by atoms with Crippen molar-refractivity contribution in [3.05, 3.63) is 65.7 Å². The van der Waals surface area contributed by atoms with Crippen molar-refractivity contribution in [2.24, 2.45) is 0 Å². The van der Waals surface area contributed by atoms with Crippen LogP contribution in [-0.4, -0.2) is 46.3 Å². The molecule has 1 aliphatic heterocycles. The molecule has 2 fully saturated rings. The molecule has 5 heteroatoms. The molecule has 2 aromatic rings. The number of aromatic nitrogens is 1. The summed E-state index contributed by atoms with van der Waals surface area (Å²) < 4.78 is 19.0. The molecule has 3 atom stereocenters. The monoisotopic (exact) mass is 384 g/mol. The summed E-state index contributed by atoms with van der Waals surface area (Å²) in [6.07, 6.45) is 8.36. The SMILES string of the molecule is O[C@@H]1C[C@@H](OCc2ccc(F)cc2)CC[C@H]1N1CCC(c2ccncc2)CC1. The fraction of sp³-hybridized carbons (Fsp3) is 0.522. The first-order chi connectivity index (χ1) is 13.7. The number of pyridine rings is 1. The predicted octanol–water partition coefficient (Wildman–Crippen LogP) is 3.90. The van der Waals surface area contributed by atoms with Crippen molar-refractivity contribution in [1.29, 1.82) is 0 Å². The Morgan fingerprint density at radius 2 is 1.71 bits per heavy atom. The third kappa shape index (κ3) is 4.77. The molecule has 2 aliphatic rings. The molecule has 150 valence electrons. The van der Waals surface area contributed by atoms with E-state index in [0.29, 0.717) is 18.9 Å². The third-order valence-electron chi connectivity index (χ3n) is 6.31. The summed E-state index contributed by atoms with van der Waals surface area (Å²) in [7, 11) is 0. The molecule has 0 unspecified atom stereocenters. The number of hydrogen-bond donors (Lipinski definition) is 1. The largest absolute Gasteiger partial charge is 0.391 e. The summed E-state index contributed by atoms with van der Waals surface area (Å²) >= 11 is 0. The van der Waals surface area contributed by atoms with Gasteiger partial charge < -0.3 is 9.84 Å². The standard InChI is InChI=1S/C23H29FN2O2/c24-20-3-1-17(2-4-20)16-28-21-5-6-22(23(27)15-21)26-13-9-19(10-14-26)18-7-11-25-12-8-18/h1-4,7-8,11-12,19,21-23,27H,5-6,9-10,13-16H2/t21-,22+,23+/m0/s1. The molecular formula is C23H29FN2O2. The van der Waals surface area contributed by atoms with Crippen molar-refractivity contribution in [1.82, 2.24) is 9.88 Å². The first-order valence-electron chi connectivity index (χ1n) is 10.4. The fourth-order valence-electron chi connectivity index (χ4n) is 4.67. The Hall–Kier alpha value is -1.82. The molecule has 1 saturated heterocycles. The first-order valence-corrected chi connectivity index (χ1v) is 10.4. The molecule has 1 aromatic carbocycles. The molecule has 0 radical (unpaired) electrons. The second-order valence-electron chi connectivity index (χ2n) is 8.10. The zero-order chi connectivity index (χ0) is 19.3. The van der Waals surface area contributed by atoms with Gasteiger partial charge in [-0.15, -0.1) is 0 Å². The van der Waals surface area contributed by atoms with Gasteiger partial charge in [0.05, 0.1) is 18.8 Å². The van der Waals surface area contributed by atoms with Crippen LogP contribution in [-0.2, 0) is 11.3 Å². The summed E-state index contributed by atoms with van der Waals surface area (Å²) in [6.45, 7) is 2.55. The molecule has 0 spiro atoms. The summed E-state index contributed by atoms with van der Waals surface area (Å²) in [5, 5.41) is 10.7. The average Bonchev–Trinajstić information content (AvgIpc) is 2.74. The maximum absolute atomic E-state index is 13.0. The van der Waals surface area contributed by atoms with Crippen molar-refractivity contribution in [2.45, 2.75) is 62.9 Å². The van der Waals surface area contributed by atoms with Crippen LogP contribution in [0.5, 0.6) is 0 Å². The van der Waals surface area contributed by atoms with Gasteiger partial charge in [-0.2, -0.15) is 0 Å². The van der Waals surface area contributed by atoms with Crippen LogP contribution in [0.1, 0.15) is 49.1 Å². The Kier molecular flexibility index (Phi) is 6.35. The predicted molar refractivity (Wildman–Crippen MR) is 106 cm³/mol. The maximum atomic E-state index is 13.0. The average molecular weight is 384 g/mol. The lowest BCUT2D eigenvalue weighted by Crippen LogP contribution is -2.50. The molecule has 4 nitrogen and oxygen atoms in total. The number of piperidine rings is 1. The third-order valence-corrected chi connectivity index (χ3v) is 6.31. The number of hydrogen-bond acceptors (Lipinski definition) is 4. The van der Waals surface area contributed by atoms with E-state index in [4.69, 9.17) is 4.74 Å². The highest BCUT2D eigenvalue weighted by Gasteiger charge is 2.35. The quantitative estimate of drug-likeness (QED) is 0.849. The van der Waals surface area contributed by atoms with Gasteiger partial charge in [0, 0.05) is 24.9 Å². The normalized spacial score (nSPS) is 27.0. The lowest BCUT2D eigenvalue weighted by molar-refractivity contribution is -0.0644. The number of aliphatic hydroxyl groups excluding tert-OH is 1. The number of benzene rings is 1. The molecule has 0 amide bonds. The molecule has 4 rings (SSSR count). The summed E-state index contributed by atoms with van der Waals surface area (Å²) in [6, 6.07) is 10.9. The lowest BCUT2D eigenvalue weighted by atomic mass is 9.85. The fourth-order valence-corrected chi connectivity index (χ4v) is 4.67. The number of likely N-dealkylation sites (tertiary alicyclic amines) is 1. The zero-order valence-electron chi connectivity index (χ0n) is 16.2. The summed E-state index contributed by atoms with van der Waals surface area (Å²) in [5.74, 6) is 0.374. The van der Waals surface area contributed by atoms with Crippen molar-refractivity contribution < 1.29 is 14.2 Å². The Morgan fingerprint density at radius 1 is 1.00 bits per heavy atom. The van der Waals surface area contributed by atoms with Gasteiger partial charge in [0.25, 0.3) is 0 Å². The van der Waals surface area contributed by atoms with Crippen LogP contribution in [0.25, 0.3) is 0 Å². The van der Waals surface area contributed by atoms with Gasteiger partial charge in [0.15, 0.2) is 0 Å². The highest BCUT2D eigenvalue weighted by Crippen LogP contribution is 2.32. The Labute approximate surface area is 166 Å². The maximum Gasteiger partial charge on any atom is 0.123 e. The minimum absolute atomic E-state index is 0.0747. The minimum atomic E-state index is -0.343. The smallest absolute Gasteiger partial charge is 0.123 e. The van der Waals surface area contributed by atoms with Gasteiger partial charge in [0.1, 0.15) is 5.82 Å². The Bertz CT molecular complexity index is 732. The van der Waals surface area contributed by atoms with E-state index < -0.39 is 0 Å². The lowest BCUT2D eigenvalue weighted by Gasteiger charge is -2.43. The topological polar surface area (TPSA) is 45.6 Å². The number of aliphatic hydroxyl groups is 1. The molecule has 1 saturated carbocycles. The highest BCUT2D eigenvalue weighted by molar-refractivity contribution is 5.17. The highest BCUT2D eigenvalue weighted by atomic mass is 19.1. The van der Waals surface area contributed by atoms with E-state index in [1.165, 1.54) is 17.7 Å². The van der Waals surface area contributed by atoms with Crippen molar-refractivity contribution >= 4 is 0 Å². The number of nitrogens with zero attached hydrogens (tertiary/aromatic N) is 2. The van der Waals surface area contributed by atoms with Crippen LogP contribution in [0.15, 0.2) is 48.8 Å². The zero-order valence-corrected chi connectivity index (χ0v) is 16.2. The van der Waals surface area contributed by atoms with Crippen molar-refractivity contribution in [2.75, 3.05) is 13.1 Å². The number of halogens is 1. The molecule has 1 aromatic heterocycles. The van der Waals surface area contributed by atoms with E-state index in [-0.39, 0.29) is 24.1 Å². The van der Waals surface area contributed by atoms with Gasteiger partial charge in [0.2, 0.25) is 0 Å². The van der Waals surface area contributed by atoms with E-state index in [9.17, 15) is 9.50 Å². The Morgan fingerprint density at radius 3 is 2.39 bits per heavy atom. The van der Waals surface area contributed by atoms with Crippen LogP contribution >= 0.6 is 0 Å². The Balaban J connectivity index is 1.24. The van der Waals surface area contributed by atoms with Gasteiger partial charge in [-0.05, 0) is 80.1 Å². The second kappa shape index (κ2) is 9.12. The van der Waals surface area contributed by atoms with E-state index in [0.717, 1.165) is 44.3 Å². The molecule has 2 heterocycles. The van der Waals surface area contributed by atoms with E-state index in [1.54, 1.807) is 12.1 Å². The minimum Gasteiger partial charge on any atom is -0.391 e. The molecule has 1 aliphatic carbocycles. The van der Waals surface area contributed by atoms with E-state index >= 15 is 0 Å². The van der Waals surface area contributed by atoms with Gasteiger partial charge in [-0.3, -0.25) is 9.88 Å². The molecule has 1 N–H and O–H groups in total. The van der Waals surface area contributed by atoms with Crippen LogP contribution in [0.3, 0.4) is 0 Å². The van der Waals surface area contributed by atoms with Crippen LogP contribution in [0, 0.1) is 5.82 Å². The molecular weight excluding hydrogens is 355 g/mol. The molecule has 28 heavy (non-hydrogen) atoms. The van der Waals surface area contributed by atoms with Crippen molar-refractivity contribution in [3.8, 4) is 0 Å². The van der Waals surface area contributed by atoms with Crippen molar-refractivity contribution in [3.63, 3.8) is 0 Å². The van der Waals surface area contributed by atoms with E-state index in [2.05, 4.69) is 22.0 Å². The number of ether oxygens (including phenoxy) is 1. The summed E-state index contributed by atoms with van der Waals surface area (Å²) in [5.41, 5.74) is 2.35. The van der Waals surface area contributed by atoms with E-state index in [1.807, 2.05) is 12.4 Å². The first kappa shape index (κ1) is 19.5. The van der Waals surface area contributed by atoms with Crippen LogP contribution in [0.4, 0.5) is 4.39 Å². The van der Waals surface area contributed by atoms with Crippen LogP contribution in [0.2, 0.25) is 0 Å². The van der Waals surface area contributed by atoms with Gasteiger partial charge in [-0.1, -0.05) is 12.1 Å².